The van der Waals surface area contributed by atoms with Crippen molar-refractivity contribution in [1.29, 1.82) is 0 Å². The zero-order valence-electron chi connectivity index (χ0n) is 22.7. The number of aromatic hydroxyl groups is 1. The first-order chi connectivity index (χ1) is 18.0. The van der Waals surface area contributed by atoms with Crippen LogP contribution in [0.15, 0.2) is 34.8 Å². The molecule has 1 aromatic rings. The molecule has 0 heterocycles. The molecule has 0 aliphatic heterocycles. The molecule has 1 aromatic carbocycles. The Morgan fingerprint density at radius 2 is 1.72 bits per heavy atom. The number of benzene rings is 1. The van der Waals surface area contributed by atoms with Crippen LogP contribution in [0.2, 0.25) is 0 Å². The maximum atomic E-state index is 13.8. The van der Waals surface area contributed by atoms with Crippen molar-refractivity contribution in [2.24, 2.45) is 17.6 Å². The molecule has 0 saturated carbocycles. The molecule has 3 aliphatic rings. The van der Waals surface area contributed by atoms with Crippen LogP contribution in [0.5, 0.6) is 5.75 Å². The summed E-state index contributed by atoms with van der Waals surface area (Å²) in [7, 11) is 6.58. The van der Waals surface area contributed by atoms with Gasteiger partial charge in [0.05, 0.1) is 22.8 Å². The van der Waals surface area contributed by atoms with Gasteiger partial charge in [0.15, 0.2) is 17.1 Å². The Morgan fingerprint density at radius 1 is 1.10 bits per heavy atom. The molecule has 12 heteroatoms. The number of hydrogen-bond donors (Lipinski definition) is 6. The number of hydrogen-bond acceptors (Lipinski definition) is 10. The fraction of sp³-hybridized carbons (Fsp3) is 0.481. The summed E-state index contributed by atoms with van der Waals surface area (Å²) in [5, 5.41) is 47.5. The van der Waals surface area contributed by atoms with Crippen molar-refractivity contribution < 1.29 is 39.6 Å². The van der Waals surface area contributed by atoms with Gasteiger partial charge in [-0.25, -0.2) is 0 Å². The first-order valence-electron chi connectivity index (χ1n) is 12.5. The van der Waals surface area contributed by atoms with Gasteiger partial charge in [0.1, 0.15) is 17.1 Å². The van der Waals surface area contributed by atoms with E-state index >= 15 is 0 Å². The van der Waals surface area contributed by atoms with Gasteiger partial charge in [-0.15, -0.1) is 0 Å². The number of nitrogens with two attached hydrogens (primary N) is 1. The Balaban J connectivity index is 1.84. The van der Waals surface area contributed by atoms with Gasteiger partial charge < -0.3 is 31.5 Å². The number of aliphatic hydroxyl groups excluding tert-OH is 2. The van der Waals surface area contributed by atoms with Gasteiger partial charge in [0.2, 0.25) is 11.7 Å². The van der Waals surface area contributed by atoms with Crippen molar-refractivity contribution >= 4 is 29.1 Å². The van der Waals surface area contributed by atoms with Crippen molar-refractivity contribution in [2.75, 3.05) is 33.5 Å². The Kier molecular flexibility index (Phi) is 6.65. The van der Waals surface area contributed by atoms with Crippen LogP contribution < -0.4 is 11.1 Å². The first-order valence-corrected chi connectivity index (χ1v) is 12.5. The van der Waals surface area contributed by atoms with Crippen molar-refractivity contribution in [2.45, 2.75) is 43.9 Å². The van der Waals surface area contributed by atoms with Crippen LogP contribution in [0.3, 0.4) is 0 Å². The highest BCUT2D eigenvalue weighted by Gasteiger charge is 2.63. The van der Waals surface area contributed by atoms with E-state index in [0.29, 0.717) is 5.56 Å². The molecule has 4 atom stereocenters. The monoisotopic (exact) mass is 542 g/mol. The van der Waals surface area contributed by atoms with Gasteiger partial charge in [-0.05, 0) is 72.4 Å². The number of phenols is 1. The topological polar surface area (TPSA) is 194 Å². The zero-order valence-corrected chi connectivity index (χ0v) is 22.7. The minimum atomic E-state index is -2.71. The molecule has 4 rings (SSSR count). The van der Waals surface area contributed by atoms with Crippen LogP contribution in [0, 0.1) is 11.8 Å². The number of rotatable bonds is 5. The second-order valence-electron chi connectivity index (χ2n) is 11.4. The molecule has 0 radical (unpaired) electrons. The highest BCUT2D eigenvalue weighted by atomic mass is 16.3. The van der Waals surface area contributed by atoms with E-state index in [1.807, 2.05) is 0 Å². The number of carbonyl (C=O) groups is 4. The summed E-state index contributed by atoms with van der Waals surface area (Å²) in [6.45, 7) is 3.37. The minimum absolute atomic E-state index is 0.00202. The molecule has 0 aromatic heterocycles. The van der Waals surface area contributed by atoms with Crippen LogP contribution in [-0.4, -0.2) is 99.0 Å². The van der Waals surface area contributed by atoms with Gasteiger partial charge in [-0.1, -0.05) is 6.07 Å². The Morgan fingerprint density at radius 3 is 2.26 bits per heavy atom. The Bertz CT molecular complexity index is 1380. The van der Waals surface area contributed by atoms with E-state index in [9.17, 15) is 39.6 Å². The third-order valence-corrected chi connectivity index (χ3v) is 8.52. The second-order valence-corrected chi connectivity index (χ2v) is 11.4. The lowest BCUT2D eigenvalue weighted by molar-refractivity contribution is -0.148. The van der Waals surface area contributed by atoms with Crippen LogP contribution in [-0.2, 0) is 20.8 Å². The van der Waals surface area contributed by atoms with E-state index in [1.54, 1.807) is 53.0 Å². The highest BCUT2D eigenvalue weighted by molar-refractivity contribution is 6.25. The number of nitrogens with one attached hydrogen (secondary N) is 1. The lowest BCUT2D eigenvalue weighted by Crippen LogP contribution is -2.63. The average molecular weight is 543 g/mol. The average Bonchev–Trinajstić information content (AvgIpc) is 2.82. The smallest absolute Gasteiger partial charge is 0.255 e. The van der Waals surface area contributed by atoms with Gasteiger partial charge >= 0.3 is 0 Å². The fourth-order valence-electron chi connectivity index (χ4n) is 5.80. The molecule has 0 spiro atoms. The van der Waals surface area contributed by atoms with Crippen LogP contribution in [0.1, 0.15) is 36.2 Å². The maximum absolute atomic E-state index is 13.8. The van der Waals surface area contributed by atoms with Gasteiger partial charge in [0, 0.05) is 11.5 Å². The molecule has 3 unspecified atom stereocenters. The summed E-state index contributed by atoms with van der Waals surface area (Å²) in [6, 6.07) is 2.03. The molecular weight excluding hydrogens is 508 g/mol. The van der Waals surface area contributed by atoms with E-state index in [-0.39, 0.29) is 29.7 Å². The SMILES string of the molecule is CN(C)[C@@H]1C(O)=C(C(N)=O)C(=O)C2(O)C(O)=C3C(=O)c4c(ccc(NC(=O)C(C)(C)N(C)C)c4O)CC3CC12. The van der Waals surface area contributed by atoms with Crippen molar-refractivity contribution in [3.63, 3.8) is 0 Å². The molecule has 2 amide bonds. The number of anilines is 1. The highest BCUT2D eigenvalue weighted by Crippen LogP contribution is 2.52. The maximum Gasteiger partial charge on any atom is 0.255 e. The number of Topliss-reactive ketones (excluding diaryl/α,β-unsaturated/α-hetero) is 2. The number of aliphatic hydroxyl groups is 3. The summed E-state index contributed by atoms with van der Waals surface area (Å²) >= 11 is 0. The lowest BCUT2D eigenvalue weighted by Gasteiger charge is -2.50. The molecule has 0 saturated heterocycles. The number of amides is 2. The number of fused-ring (bicyclic) bond motifs is 3. The Hall–Kier alpha value is -3.74. The number of allylic oxidation sites excluding steroid dienone is 1. The normalized spacial score (nSPS) is 26.9. The molecule has 39 heavy (non-hydrogen) atoms. The minimum Gasteiger partial charge on any atom is -0.510 e. The van der Waals surface area contributed by atoms with Crippen molar-refractivity contribution in [1.82, 2.24) is 9.80 Å². The quantitative estimate of drug-likeness (QED) is 0.224. The van der Waals surface area contributed by atoms with Crippen LogP contribution in [0.25, 0.3) is 0 Å². The molecule has 7 N–H and O–H groups in total. The van der Waals surface area contributed by atoms with Crippen molar-refractivity contribution in [3.05, 3.63) is 45.9 Å². The molecule has 0 fully saturated rings. The lowest BCUT2D eigenvalue weighted by atomic mass is 9.58. The number of phenolic OH excluding ortho intramolecular Hbond substituents is 1. The second kappa shape index (κ2) is 9.18. The number of nitrogens with zero attached hydrogens (tertiary/aromatic N) is 2. The summed E-state index contributed by atoms with van der Waals surface area (Å²) in [5.41, 5.74) is 0.838. The Labute approximate surface area is 225 Å². The summed E-state index contributed by atoms with van der Waals surface area (Å²) in [6.07, 6.45) is 0.168. The third-order valence-electron chi connectivity index (χ3n) is 8.52. The predicted octanol–water partition coefficient (Wildman–Crippen LogP) is 0.399. The van der Waals surface area contributed by atoms with Crippen LogP contribution >= 0.6 is 0 Å². The van der Waals surface area contributed by atoms with Crippen molar-refractivity contribution in [3.8, 4) is 5.75 Å². The van der Waals surface area contributed by atoms with E-state index in [0.717, 1.165) is 0 Å². The van der Waals surface area contributed by atoms with Gasteiger partial charge in [-0.3, -0.25) is 29.0 Å². The standard InChI is InChI=1S/C27H34N4O8/c1-26(2,31(5)6)25(38)29-14-8-7-11-9-12-10-13-18(30(3)4)21(34)17(24(28)37)23(36)27(13,39)22(35)16(12)20(33)15(11)19(14)32/h7-8,12-13,18,32,34-35,39H,9-10H2,1-6H3,(H2,28,37)(H,29,38)/t12?,13?,18-,27?/m0/s1. The fourth-order valence-corrected chi connectivity index (χ4v) is 5.80. The van der Waals surface area contributed by atoms with E-state index in [1.165, 1.54) is 11.0 Å². The molecule has 3 aliphatic carbocycles. The first kappa shape index (κ1) is 28.3. The third kappa shape index (κ3) is 3.93. The van der Waals surface area contributed by atoms with Gasteiger partial charge in [-0.2, -0.15) is 0 Å². The largest absolute Gasteiger partial charge is 0.510 e. The summed E-state index contributed by atoms with van der Waals surface area (Å²) in [5.74, 6) is -7.66. The molecule has 12 nitrogen and oxygen atoms in total. The number of carbonyl (C=O) groups excluding carboxylic acids is 4. The van der Waals surface area contributed by atoms with E-state index in [4.69, 9.17) is 5.73 Å². The number of likely N-dealkylation sites (N-methyl/N-ethyl adjacent to an activating group) is 2. The zero-order chi connectivity index (χ0) is 29.4. The predicted molar refractivity (Wildman–Crippen MR) is 140 cm³/mol. The molecular formula is C27H34N4O8. The van der Waals surface area contributed by atoms with Crippen LogP contribution in [0.4, 0.5) is 5.69 Å². The van der Waals surface area contributed by atoms with E-state index < -0.39 is 75.2 Å². The number of primary amides is 1. The summed E-state index contributed by atoms with van der Waals surface area (Å²) in [4.78, 5) is 55.2. The molecule has 210 valence electrons. The van der Waals surface area contributed by atoms with E-state index in [2.05, 4.69) is 5.32 Å². The number of ketones is 2. The molecule has 0 bridgehead atoms. The van der Waals surface area contributed by atoms with Gasteiger partial charge in [0.25, 0.3) is 5.91 Å². The summed E-state index contributed by atoms with van der Waals surface area (Å²) < 4.78 is 0.